The predicted molar refractivity (Wildman–Crippen MR) is 67.2 cm³/mol. The van der Waals surface area contributed by atoms with E-state index in [0.29, 0.717) is 18.2 Å². The molecule has 0 saturated carbocycles. The second-order valence-electron chi connectivity index (χ2n) is 3.68. The van der Waals surface area contributed by atoms with Gasteiger partial charge < -0.3 is 16.2 Å². The predicted octanol–water partition coefficient (Wildman–Crippen LogP) is 1.43. The maximum atomic E-state index is 11.0. The van der Waals surface area contributed by atoms with Crippen LogP contribution in [0.2, 0.25) is 0 Å². The zero-order valence-electron chi connectivity index (χ0n) is 9.67. The van der Waals surface area contributed by atoms with Crippen molar-refractivity contribution < 1.29 is 9.53 Å². The molecule has 1 amide bonds. The number of aromatic nitrogens is 1. The minimum atomic E-state index is -0.587. The summed E-state index contributed by atoms with van der Waals surface area (Å²) in [7, 11) is 0. The molecule has 1 aromatic carbocycles. The van der Waals surface area contributed by atoms with Crippen molar-refractivity contribution in [3.05, 3.63) is 53.7 Å². The van der Waals surface area contributed by atoms with Gasteiger partial charge in [-0.05, 0) is 23.8 Å². The van der Waals surface area contributed by atoms with Crippen LogP contribution in [0.25, 0.3) is 0 Å². The van der Waals surface area contributed by atoms with E-state index in [1.165, 1.54) is 6.07 Å². The zero-order chi connectivity index (χ0) is 13.0. The number of ether oxygens (including phenoxy) is 1. The van der Waals surface area contributed by atoms with Crippen molar-refractivity contribution in [2.45, 2.75) is 6.54 Å². The van der Waals surface area contributed by atoms with Crippen molar-refractivity contribution in [1.29, 1.82) is 0 Å². The van der Waals surface area contributed by atoms with Gasteiger partial charge in [0.2, 0.25) is 5.88 Å². The number of primary amides is 1. The van der Waals surface area contributed by atoms with Gasteiger partial charge >= 0.3 is 0 Å². The van der Waals surface area contributed by atoms with E-state index in [-0.39, 0.29) is 5.69 Å². The van der Waals surface area contributed by atoms with Crippen molar-refractivity contribution in [1.82, 2.24) is 4.98 Å². The SMILES string of the molecule is NCc1cccc(Oc2cccc(C(N)=O)n2)c1. The quantitative estimate of drug-likeness (QED) is 0.849. The highest BCUT2D eigenvalue weighted by Gasteiger charge is 2.05. The van der Waals surface area contributed by atoms with Gasteiger partial charge in [-0.1, -0.05) is 18.2 Å². The topological polar surface area (TPSA) is 91.2 Å². The van der Waals surface area contributed by atoms with E-state index in [1.54, 1.807) is 18.2 Å². The summed E-state index contributed by atoms with van der Waals surface area (Å²) in [5.41, 5.74) is 11.8. The third kappa shape index (κ3) is 2.83. The largest absolute Gasteiger partial charge is 0.439 e. The number of carbonyl (C=O) groups excluding carboxylic acids is 1. The second-order valence-corrected chi connectivity index (χ2v) is 3.68. The fraction of sp³-hybridized carbons (Fsp3) is 0.0769. The molecule has 1 heterocycles. The van der Waals surface area contributed by atoms with E-state index in [0.717, 1.165) is 5.56 Å². The molecule has 18 heavy (non-hydrogen) atoms. The normalized spacial score (nSPS) is 10.1. The molecule has 0 aliphatic rings. The molecule has 4 N–H and O–H groups in total. The summed E-state index contributed by atoms with van der Waals surface area (Å²) in [5, 5.41) is 0. The van der Waals surface area contributed by atoms with Crippen LogP contribution < -0.4 is 16.2 Å². The van der Waals surface area contributed by atoms with E-state index >= 15 is 0 Å². The number of benzene rings is 1. The number of nitrogens with two attached hydrogens (primary N) is 2. The highest BCUT2D eigenvalue weighted by molar-refractivity contribution is 5.90. The van der Waals surface area contributed by atoms with Crippen LogP contribution in [0.5, 0.6) is 11.6 Å². The maximum absolute atomic E-state index is 11.0. The van der Waals surface area contributed by atoms with Crippen LogP contribution in [0.1, 0.15) is 16.1 Å². The molecule has 2 rings (SSSR count). The lowest BCUT2D eigenvalue weighted by molar-refractivity contribution is 0.0995. The lowest BCUT2D eigenvalue weighted by Crippen LogP contribution is -2.12. The Balaban J connectivity index is 2.22. The average Bonchev–Trinajstić information content (AvgIpc) is 2.39. The van der Waals surface area contributed by atoms with E-state index in [1.807, 2.05) is 18.2 Å². The van der Waals surface area contributed by atoms with Crippen LogP contribution in [0.15, 0.2) is 42.5 Å². The first kappa shape index (κ1) is 12.1. The number of rotatable bonds is 4. The molecular formula is C13H13N3O2. The standard InChI is InChI=1S/C13H13N3O2/c14-8-9-3-1-4-10(7-9)18-12-6-2-5-11(16-12)13(15)17/h1-7H,8,14H2,(H2,15,17). The van der Waals surface area contributed by atoms with E-state index < -0.39 is 5.91 Å². The zero-order valence-corrected chi connectivity index (χ0v) is 9.67. The monoisotopic (exact) mass is 243 g/mol. The molecule has 1 aromatic heterocycles. The molecule has 0 unspecified atom stereocenters. The van der Waals surface area contributed by atoms with Gasteiger partial charge in [0.15, 0.2) is 0 Å². The molecule has 0 spiro atoms. The van der Waals surface area contributed by atoms with Gasteiger partial charge in [-0.15, -0.1) is 0 Å². The Kier molecular flexibility index (Phi) is 3.54. The molecule has 0 fully saturated rings. The number of pyridine rings is 1. The number of carbonyl (C=O) groups is 1. The minimum Gasteiger partial charge on any atom is -0.439 e. The number of amides is 1. The Bertz CT molecular complexity index is 570. The lowest BCUT2D eigenvalue weighted by atomic mass is 10.2. The Labute approximate surface area is 104 Å². The second kappa shape index (κ2) is 5.29. The fourth-order valence-corrected chi connectivity index (χ4v) is 1.47. The van der Waals surface area contributed by atoms with Gasteiger partial charge in [0.25, 0.3) is 5.91 Å². The summed E-state index contributed by atoms with van der Waals surface area (Å²) < 4.78 is 5.54. The van der Waals surface area contributed by atoms with Gasteiger partial charge in [-0.2, -0.15) is 0 Å². The Morgan fingerprint density at radius 1 is 1.22 bits per heavy atom. The molecule has 0 bridgehead atoms. The van der Waals surface area contributed by atoms with Crippen LogP contribution in [0.3, 0.4) is 0 Å². The maximum Gasteiger partial charge on any atom is 0.267 e. The average molecular weight is 243 g/mol. The number of nitrogens with zero attached hydrogens (tertiary/aromatic N) is 1. The van der Waals surface area contributed by atoms with E-state index in [9.17, 15) is 4.79 Å². The van der Waals surface area contributed by atoms with Crippen molar-refractivity contribution in [3.8, 4) is 11.6 Å². The highest BCUT2D eigenvalue weighted by atomic mass is 16.5. The third-order valence-corrected chi connectivity index (χ3v) is 2.33. The molecular weight excluding hydrogens is 230 g/mol. The van der Waals surface area contributed by atoms with Crippen molar-refractivity contribution >= 4 is 5.91 Å². The van der Waals surface area contributed by atoms with Crippen LogP contribution in [-0.2, 0) is 6.54 Å². The molecule has 0 aliphatic heterocycles. The van der Waals surface area contributed by atoms with Gasteiger partial charge in [0, 0.05) is 12.6 Å². The minimum absolute atomic E-state index is 0.169. The summed E-state index contributed by atoms with van der Waals surface area (Å²) in [6, 6.07) is 12.2. The Morgan fingerprint density at radius 3 is 2.72 bits per heavy atom. The Morgan fingerprint density at radius 2 is 2.00 bits per heavy atom. The summed E-state index contributed by atoms with van der Waals surface area (Å²) in [6.45, 7) is 0.436. The van der Waals surface area contributed by atoms with Gasteiger partial charge in [0.05, 0.1) is 0 Å². The number of hydrogen-bond donors (Lipinski definition) is 2. The van der Waals surface area contributed by atoms with Crippen molar-refractivity contribution in [3.63, 3.8) is 0 Å². The fourth-order valence-electron chi connectivity index (χ4n) is 1.47. The van der Waals surface area contributed by atoms with Gasteiger partial charge in [-0.25, -0.2) is 4.98 Å². The summed E-state index contributed by atoms with van der Waals surface area (Å²) in [6.07, 6.45) is 0. The summed E-state index contributed by atoms with van der Waals surface area (Å²) >= 11 is 0. The number of hydrogen-bond acceptors (Lipinski definition) is 4. The molecule has 0 aliphatic carbocycles. The van der Waals surface area contributed by atoms with Crippen LogP contribution >= 0.6 is 0 Å². The molecule has 0 atom stereocenters. The lowest BCUT2D eigenvalue weighted by Gasteiger charge is -2.06. The van der Waals surface area contributed by atoms with E-state index in [4.69, 9.17) is 16.2 Å². The molecule has 2 aromatic rings. The molecule has 5 heteroatoms. The third-order valence-electron chi connectivity index (χ3n) is 2.33. The molecule has 5 nitrogen and oxygen atoms in total. The summed E-state index contributed by atoms with van der Waals surface area (Å²) in [5.74, 6) is 0.351. The molecule has 0 saturated heterocycles. The highest BCUT2D eigenvalue weighted by Crippen LogP contribution is 2.20. The first-order valence-electron chi connectivity index (χ1n) is 5.43. The smallest absolute Gasteiger partial charge is 0.267 e. The molecule has 92 valence electrons. The first-order chi connectivity index (χ1) is 8.69. The Hall–Kier alpha value is -2.40. The van der Waals surface area contributed by atoms with Crippen LogP contribution in [0.4, 0.5) is 0 Å². The van der Waals surface area contributed by atoms with Crippen LogP contribution in [0, 0.1) is 0 Å². The van der Waals surface area contributed by atoms with Crippen molar-refractivity contribution in [2.24, 2.45) is 11.5 Å². The summed E-state index contributed by atoms with van der Waals surface area (Å²) in [4.78, 5) is 15.0. The van der Waals surface area contributed by atoms with Crippen molar-refractivity contribution in [2.75, 3.05) is 0 Å². The molecule has 0 radical (unpaired) electrons. The first-order valence-corrected chi connectivity index (χ1v) is 5.43. The van der Waals surface area contributed by atoms with Gasteiger partial charge in [-0.3, -0.25) is 4.79 Å². The van der Waals surface area contributed by atoms with Gasteiger partial charge in [0.1, 0.15) is 11.4 Å². The van der Waals surface area contributed by atoms with E-state index in [2.05, 4.69) is 4.98 Å². The van der Waals surface area contributed by atoms with Crippen LogP contribution in [-0.4, -0.2) is 10.9 Å².